The van der Waals surface area contributed by atoms with E-state index in [1.54, 1.807) is 5.06 Å². The highest BCUT2D eigenvalue weighted by atomic mass is 127. The van der Waals surface area contributed by atoms with Crippen LogP contribution in [-0.2, 0) is 16.2 Å². The van der Waals surface area contributed by atoms with Gasteiger partial charge in [0.15, 0.2) is 0 Å². The van der Waals surface area contributed by atoms with Gasteiger partial charge < -0.3 is 0 Å². The highest BCUT2D eigenvalue weighted by Gasteiger charge is 2.41. The lowest BCUT2D eigenvalue weighted by molar-refractivity contribution is -0.184. The van der Waals surface area contributed by atoms with Gasteiger partial charge in [0.25, 0.3) is 0 Å². The third-order valence-electron chi connectivity index (χ3n) is 5.27. The van der Waals surface area contributed by atoms with E-state index in [4.69, 9.17) is 4.84 Å². The van der Waals surface area contributed by atoms with Gasteiger partial charge in [0.05, 0.1) is 6.54 Å². The number of benzene rings is 1. The Morgan fingerprint density at radius 2 is 1.87 bits per heavy atom. The molecule has 1 saturated heterocycles. The fourth-order valence-corrected chi connectivity index (χ4v) is 4.78. The van der Waals surface area contributed by atoms with E-state index >= 15 is 0 Å². The van der Waals surface area contributed by atoms with Crippen LogP contribution in [0, 0.1) is 17.8 Å². The van der Waals surface area contributed by atoms with E-state index in [9.17, 15) is 4.79 Å². The number of rotatable bonds is 6. The number of amides is 1. The highest BCUT2D eigenvalue weighted by molar-refractivity contribution is 14.1. The van der Waals surface area contributed by atoms with Crippen LogP contribution in [0.25, 0.3) is 0 Å². The van der Waals surface area contributed by atoms with Gasteiger partial charge in [0, 0.05) is 10.3 Å². The normalized spacial score (nSPS) is 26.0. The van der Waals surface area contributed by atoms with Crippen LogP contribution in [0.15, 0.2) is 30.3 Å². The summed E-state index contributed by atoms with van der Waals surface area (Å²) in [5.74, 6) is 1.58. The monoisotopic (exact) mass is 427 g/mol. The Morgan fingerprint density at radius 1 is 1.13 bits per heavy atom. The molecule has 1 aliphatic carbocycles. The zero-order valence-corrected chi connectivity index (χ0v) is 15.8. The fourth-order valence-electron chi connectivity index (χ4n) is 3.89. The van der Waals surface area contributed by atoms with E-state index < -0.39 is 0 Å². The van der Waals surface area contributed by atoms with Gasteiger partial charge in [0.1, 0.15) is 6.61 Å². The van der Waals surface area contributed by atoms with Crippen LogP contribution in [-0.4, -0.2) is 21.9 Å². The average molecular weight is 427 g/mol. The molecule has 0 N–H and O–H groups in total. The quantitative estimate of drug-likeness (QED) is 0.491. The van der Waals surface area contributed by atoms with Crippen LogP contribution in [0.2, 0.25) is 0 Å². The molecule has 1 amide bonds. The zero-order valence-electron chi connectivity index (χ0n) is 13.6. The van der Waals surface area contributed by atoms with Gasteiger partial charge in [-0.2, -0.15) is 0 Å². The molecule has 1 aromatic carbocycles. The molecule has 126 valence electrons. The summed E-state index contributed by atoms with van der Waals surface area (Å²) in [7, 11) is 0. The maximum Gasteiger partial charge on any atom is 0.249 e. The summed E-state index contributed by atoms with van der Waals surface area (Å²) in [5.41, 5.74) is 1.11. The molecule has 0 aromatic heterocycles. The molecule has 2 aliphatic rings. The highest BCUT2D eigenvalue weighted by Crippen LogP contribution is 2.36. The first kappa shape index (κ1) is 17.2. The number of nitrogens with zero attached hydrogens (tertiary/aromatic N) is 1. The molecular formula is C19H26INO2. The molecule has 2 fully saturated rings. The van der Waals surface area contributed by atoms with Crippen molar-refractivity contribution >= 4 is 28.5 Å². The molecule has 1 aromatic rings. The maximum atomic E-state index is 12.8. The summed E-state index contributed by atoms with van der Waals surface area (Å²) < 4.78 is 1.03. The summed E-state index contributed by atoms with van der Waals surface area (Å²) in [6.45, 7) is 1.24. The molecule has 1 heterocycles. The Bertz CT molecular complexity index is 501. The molecule has 4 heteroatoms. The lowest BCUT2D eigenvalue weighted by Crippen LogP contribution is -2.28. The van der Waals surface area contributed by atoms with Gasteiger partial charge in [-0.25, -0.2) is 5.06 Å². The third-order valence-corrected chi connectivity index (χ3v) is 6.40. The number of hydrogen-bond donors (Lipinski definition) is 0. The Labute approximate surface area is 152 Å². The number of alkyl halides is 1. The Kier molecular flexibility index (Phi) is 6.34. The second-order valence-corrected chi connectivity index (χ2v) is 7.80. The third kappa shape index (κ3) is 4.47. The second kappa shape index (κ2) is 8.47. The average Bonchev–Trinajstić information content (AvgIpc) is 2.90. The van der Waals surface area contributed by atoms with Gasteiger partial charge in [0.2, 0.25) is 5.91 Å². The van der Waals surface area contributed by atoms with Crippen molar-refractivity contribution in [3.63, 3.8) is 0 Å². The van der Waals surface area contributed by atoms with Crippen molar-refractivity contribution in [3.8, 4) is 0 Å². The fraction of sp³-hybridized carbons (Fsp3) is 0.632. The predicted octanol–water partition coefficient (Wildman–Crippen LogP) is 4.60. The zero-order chi connectivity index (χ0) is 16.1. The number of hydrogen-bond acceptors (Lipinski definition) is 2. The largest absolute Gasteiger partial charge is 0.272 e. The van der Waals surface area contributed by atoms with E-state index in [0.717, 1.165) is 28.9 Å². The van der Waals surface area contributed by atoms with Crippen LogP contribution in [0.4, 0.5) is 0 Å². The van der Waals surface area contributed by atoms with E-state index in [1.165, 1.54) is 32.1 Å². The van der Waals surface area contributed by atoms with Crippen LogP contribution in [0.5, 0.6) is 0 Å². The molecule has 23 heavy (non-hydrogen) atoms. The molecule has 0 unspecified atom stereocenters. The molecule has 2 atom stereocenters. The molecule has 0 bridgehead atoms. The van der Waals surface area contributed by atoms with E-state index in [2.05, 4.69) is 22.6 Å². The summed E-state index contributed by atoms with van der Waals surface area (Å²) in [4.78, 5) is 18.6. The first-order chi connectivity index (χ1) is 11.3. The standard InChI is InChI=1S/C19H26INO2/c20-12-17-13-21(23-14-16-9-5-2-6-10-16)19(22)18(17)11-15-7-3-1-4-8-15/h2,5-6,9-10,15,17-18H,1,3-4,7-8,11-14H2/t17-,18+/m1/s1. The Balaban J connectivity index is 1.57. The number of carbonyl (C=O) groups excluding carboxylic acids is 1. The molecular weight excluding hydrogens is 401 g/mol. The first-order valence-corrected chi connectivity index (χ1v) is 10.3. The van der Waals surface area contributed by atoms with Gasteiger partial charge in [-0.05, 0) is 23.8 Å². The summed E-state index contributed by atoms with van der Waals surface area (Å²) in [6, 6.07) is 10.1. The van der Waals surface area contributed by atoms with Crippen LogP contribution >= 0.6 is 22.6 Å². The van der Waals surface area contributed by atoms with Crippen molar-refractivity contribution in [3.05, 3.63) is 35.9 Å². The lowest BCUT2D eigenvalue weighted by Gasteiger charge is -2.25. The van der Waals surface area contributed by atoms with E-state index in [1.807, 2.05) is 30.3 Å². The second-order valence-electron chi connectivity index (χ2n) is 6.92. The molecule has 3 rings (SSSR count). The van der Waals surface area contributed by atoms with Crippen molar-refractivity contribution in [2.75, 3.05) is 11.0 Å². The van der Waals surface area contributed by atoms with Gasteiger partial charge >= 0.3 is 0 Å². The Morgan fingerprint density at radius 3 is 2.57 bits per heavy atom. The van der Waals surface area contributed by atoms with Crippen LogP contribution in [0.1, 0.15) is 44.1 Å². The van der Waals surface area contributed by atoms with Gasteiger partial charge in [-0.15, -0.1) is 0 Å². The molecule has 3 nitrogen and oxygen atoms in total. The minimum absolute atomic E-state index is 0.172. The van der Waals surface area contributed by atoms with Crippen molar-refractivity contribution in [1.82, 2.24) is 5.06 Å². The predicted molar refractivity (Wildman–Crippen MR) is 100 cm³/mol. The number of halogens is 1. The summed E-state index contributed by atoms with van der Waals surface area (Å²) >= 11 is 2.42. The minimum atomic E-state index is 0.172. The molecule has 1 saturated carbocycles. The van der Waals surface area contributed by atoms with Crippen molar-refractivity contribution in [2.24, 2.45) is 17.8 Å². The van der Waals surface area contributed by atoms with E-state index in [0.29, 0.717) is 12.5 Å². The molecule has 0 radical (unpaired) electrons. The number of carbonyl (C=O) groups is 1. The molecule has 0 spiro atoms. The Hall–Kier alpha value is -0.620. The summed E-state index contributed by atoms with van der Waals surface area (Å²) in [5, 5.41) is 1.64. The van der Waals surface area contributed by atoms with Crippen LogP contribution < -0.4 is 0 Å². The topological polar surface area (TPSA) is 29.5 Å². The summed E-state index contributed by atoms with van der Waals surface area (Å²) in [6.07, 6.45) is 7.74. The smallest absolute Gasteiger partial charge is 0.249 e. The van der Waals surface area contributed by atoms with Gasteiger partial charge in [-0.3, -0.25) is 9.63 Å². The van der Waals surface area contributed by atoms with Crippen molar-refractivity contribution < 1.29 is 9.63 Å². The first-order valence-electron chi connectivity index (χ1n) is 8.82. The lowest BCUT2D eigenvalue weighted by atomic mass is 9.80. The van der Waals surface area contributed by atoms with E-state index in [-0.39, 0.29) is 11.8 Å². The SMILES string of the molecule is O=C1[C@@H](CC2CCCCC2)[C@H](CI)CN1OCc1ccccc1. The number of hydroxylamine groups is 2. The van der Waals surface area contributed by atoms with Crippen molar-refractivity contribution in [2.45, 2.75) is 45.1 Å². The minimum Gasteiger partial charge on any atom is -0.272 e. The maximum absolute atomic E-state index is 12.8. The van der Waals surface area contributed by atoms with Crippen molar-refractivity contribution in [1.29, 1.82) is 0 Å². The molecule has 1 aliphatic heterocycles. The van der Waals surface area contributed by atoms with Gasteiger partial charge in [-0.1, -0.05) is 85.0 Å². The van der Waals surface area contributed by atoms with Crippen LogP contribution in [0.3, 0.4) is 0 Å².